The molecule has 21 heavy (non-hydrogen) atoms. The van der Waals surface area contributed by atoms with Crippen molar-refractivity contribution in [2.45, 2.75) is 23.3 Å². The molecule has 0 amide bonds. The Hall–Kier alpha value is -2.02. The average Bonchev–Trinajstić information content (AvgIpc) is 2.47. The first kappa shape index (κ1) is 15.4. The van der Waals surface area contributed by atoms with Gasteiger partial charge >= 0.3 is 5.97 Å². The van der Waals surface area contributed by atoms with E-state index in [1.165, 1.54) is 12.1 Å². The van der Waals surface area contributed by atoms with Crippen molar-refractivity contribution in [1.29, 1.82) is 5.26 Å². The third kappa shape index (κ3) is 3.18. The number of pyridine rings is 1. The summed E-state index contributed by atoms with van der Waals surface area (Å²) in [4.78, 5) is 14.9. The molecule has 1 saturated heterocycles. The maximum Gasteiger partial charge on any atom is 0.325 e. The van der Waals surface area contributed by atoms with Gasteiger partial charge in [0.1, 0.15) is 22.2 Å². The molecule has 0 radical (unpaired) electrons. The molecule has 2 N–H and O–H groups in total. The van der Waals surface area contributed by atoms with Crippen molar-refractivity contribution in [2.75, 3.05) is 13.2 Å². The minimum absolute atomic E-state index is 0.0469. The Balaban J connectivity index is 2.30. The van der Waals surface area contributed by atoms with E-state index in [1.54, 1.807) is 6.07 Å². The van der Waals surface area contributed by atoms with Crippen molar-refractivity contribution in [1.82, 2.24) is 9.71 Å². The molecule has 1 aliphatic rings. The van der Waals surface area contributed by atoms with E-state index in [9.17, 15) is 18.3 Å². The van der Waals surface area contributed by atoms with Gasteiger partial charge in [-0.3, -0.25) is 4.79 Å². The number of nitriles is 1. The Kier molecular flexibility index (Phi) is 4.22. The zero-order chi connectivity index (χ0) is 15.5. The molecule has 0 atom stereocenters. The number of nitrogens with one attached hydrogen (secondary N) is 1. The van der Waals surface area contributed by atoms with Gasteiger partial charge in [-0.05, 0) is 12.1 Å². The summed E-state index contributed by atoms with van der Waals surface area (Å²) in [7, 11) is -4.05. The molecule has 1 aliphatic heterocycles. The van der Waals surface area contributed by atoms with Gasteiger partial charge in [0.05, 0.1) is 0 Å². The van der Waals surface area contributed by atoms with Crippen LogP contribution >= 0.6 is 0 Å². The summed E-state index contributed by atoms with van der Waals surface area (Å²) in [6, 6.07) is 4.24. The Morgan fingerprint density at radius 3 is 2.57 bits per heavy atom. The topological polar surface area (TPSA) is 129 Å². The highest BCUT2D eigenvalue weighted by atomic mass is 32.2. The largest absolute Gasteiger partial charge is 0.480 e. The molecular weight excluding hydrogens is 298 g/mol. The quantitative estimate of drug-likeness (QED) is 0.791. The number of sulfonamides is 1. The van der Waals surface area contributed by atoms with Gasteiger partial charge in [0.2, 0.25) is 10.0 Å². The molecule has 9 heteroatoms. The third-order valence-corrected chi connectivity index (χ3v) is 4.77. The number of rotatable bonds is 4. The highest BCUT2D eigenvalue weighted by Crippen LogP contribution is 2.24. The number of aromatic nitrogens is 1. The number of carbonyl (C=O) groups is 1. The van der Waals surface area contributed by atoms with Crippen LogP contribution in [0.15, 0.2) is 23.2 Å². The summed E-state index contributed by atoms with van der Waals surface area (Å²) < 4.78 is 31.9. The zero-order valence-corrected chi connectivity index (χ0v) is 11.8. The highest BCUT2D eigenvalue weighted by Gasteiger charge is 2.43. The monoisotopic (exact) mass is 311 g/mol. The molecule has 0 unspecified atom stereocenters. The van der Waals surface area contributed by atoms with Crippen molar-refractivity contribution in [3.05, 3.63) is 24.0 Å². The molecule has 112 valence electrons. The number of hydrogen-bond donors (Lipinski definition) is 2. The predicted octanol–water partition coefficient (Wildman–Crippen LogP) is -0.135. The Labute approximate surface area is 121 Å². The van der Waals surface area contributed by atoms with Crippen molar-refractivity contribution in [2.24, 2.45) is 0 Å². The number of hydrogen-bond acceptors (Lipinski definition) is 6. The van der Waals surface area contributed by atoms with Crippen LogP contribution in [-0.4, -0.2) is 43.2 Å². The molecule has 8 nitrogen and oxygen atoms in total. The highest BCUT2D eigenvalue weighted by molar-refractivity contribution is 7.89. The van der Waals surface area contributed by atoms with E-state index in [2.05, 4.69) is 9.71 Å². The standard InChI is InChI=1S/C12H13N3O5S/c13-7-9-1-2-10(8-14-9)21(18,19)15-12(11(16)17)3-5-20-6-4-12/h1-2,8,15H,3-6H2,(H,16,17). The number of aliphatic carboxylic acids is 1. The minimum atomic E-state index is -4.05. The van der Waals surface area contributed by atoms with Gasteiger partial charge in [-0.2, -0.15) is 9.98 Å². The Morgan fingerprint density at radius 2 is 2.10 bits per heavy atom. The lowest BCUT2D eigenvalue weighted by molar-refractivity contribution is -0.147. The lowest BCUT2D eigenvalue weighted by atomic mass is 9.92. The summed E-state index contributed by atoms with van der Waals surface area (Å²) in [5.41, 5.74) is -1.50. The molecule has 1 aromatic rings. The van der Waals surface area contributed by atoms with Crippen LogP contribution in [0.1, 0.15) is 18.5 Å². The first-order valence-corrected chi connectivity index (χ1v) is 7.59. The second-order valence-electron chi connectivity index (χ2n) is 4.60. The van der Waals surface area contributed by atoms with E-state index in [4.69, 9.17) is 10.00 Å². The molecule has 0 aromatic carbocycles. The third-order valence-electron chi connectivity index (χ3n) is 3.25. The minimum Gasteiger partial charge on any atom is -0.480 e. The van der Waals surface area contributed by atoms with Gasteiger partial charge in [0, 0.05) is 32.3 Å². The van der Waals surface area contributed by atoms with Crippen LogP contribution in [0.2, 0.25) is 0 Å². The van der Waals surface area contributed by atoms with Crippen LogP contribution in [0.25, 0.3) is 0 Å². The van der Waals surface area contributed by atoms with Crippen LogP contribution < -0.4 is 4.72 Å². The van der Waals surface area contributed by atoms with Crippen molar-refractivity contribution in [3.63, 3.8) is 0 Å². The fraction of sp³-hybridized carbons (Fsp3) is 0.417. The lowest BCUT2D eigenvalue weighted by Crippen LogP contribution is -2.57. The van der Waals surface area contributed by atoms with Gasteiger partial charge in [-0.1, -0.05) is 0 Å². The van der Waals surface area contributed by atoms with Crippen LogP contribution in [0, 0.1) is 11.3 Å². The number of carboxylic acid groups (broad SMARTS) is 1. The molecular formula is C12H13N3O5S. The van der Waals surface area contributed by atoms with Crippen molar-refractivity contribution >= 4 is 16.0 Å². The predicted molar refractivity (Wildman–Crippen MR) is 69.7 cm³/mol. The summed E-state index contributed by atoms with van der Waals surface area (Å²) in [6.45, 7) is 0.334. The molecule has 2 heterocycles. The molecule has 0 bridgehead atoms. The second kappa shape index (κ2) is 5.77. The van der Waals surface area contributed by atoms with Crippen LogP contribution in [-0.2, 0) is 19.6 Å². The fourth-order valence-corrected chi connectivity index (χ4v) is 3.36. The number of carboxylic acids is 1. The molecule has 0 aliphatic carbocycles. The average molecular weight is 311 g/mol. The summed E-state index contributed by atoms with van der Waals surface area (Å²) in [6.07, 6.45) is 1.12. The first-order chi connectivity index (χ1) is 9.89. The van der Waals surface area contributed by atoms with Gasteiger partial charge in [-0.25, -0.2) is 13.4 Å². The number of ether oxygens (including phenoxy) is 1. The Morgan fingerprint density at radius 1 is 1.43 bits per heavy atom. The molecule has 2 rings (SSSR count). The van der Waals surface area contributed by atoms with Gasteiger partial charge < -0.3 is 9.84 Å². The van der Waals surface area contributed by atoms with E-state index in [0.29, 0.717) is 0 Å². The fourth-order valence-electron chi connectivity index (χ4n) is 2.00. The van der Waals surface area contributed by atoms with Crippen LogP contribution in [0.5, 0.6) is 0 Å². The molecule has 0 saturated carbocycles. The summed E-state index contributed by atoms with van der Waals surface area (Å²) >= 11 is 0. The maximum absolute atomic E-state index is 12.3. The zero-order valence-electron chi connectivity index (χ0n) is 10.9. The van der Waals surface area contributed by atoms with Gasteiger partial charge in [0.15, 0.2) is 0 Å². The van der Waals surface area contributed by atoms with E-state index in [1.807, 2.05) is 0 Å². The SMILES string of the molecule is N#Cc1ccc(S(=O)(=O)NC2(C(=O)O)CCOCC2)cn1. The normalized spacial score (nSPS) is 17.9. The van der Waals surface area contributed by atoms with E-state index in [-0.39, 0.29) is 36.6 Å². The molecule has 1 fully saturated rings. The summed E-state index contributed by atoms with van der Waals surface area (Å²) in [5, 5.41) is 18.0. The van der Waals surface area contributed by atoms with E-state index in [0.717, 1.165) is 6.20 Å². The molecule has 0 spiro atoms. The summed E-state index contributed by atoms with van der Waals surface area (Å²) in [5.74, 6) is -1.24. The maximum atomic E-state index is 12.3. The second-order valence-corrected chi connectivity index (χ2v) is 6.28. The van der Waals surface area contributed by atoms with Crippen LogP contribution in [0.4, 0.5) is 0 Å². The van der Waals surface area contributed by atoms with E-state index < -0.39 is 21.5 Å². The lowest BCUT2D eigenvalue weighted by Gasteiger charge is -2.33. The van der Waals surface area contributed by atoms with E-state index >= 15 is 0 Å². The van der Waals surface area contributed by atoms with Gasteiger partial charge in [-0.15, -0.1) is 0 Å². The van der Waals surface area contributed by atoms with Gasteiger partial charge in [0.25, 0.3) is 0 Å². The molecule has 1 aromatic heterocycles. The van der Waals surface area contributed by atoms with Crippen LogP contribution in [0.3, 0.4) is 0 Å². The number of nitrogens with zero attached hydrogens (tertiary/aromatic N) is 2. The van der Waals surface area contributed by atoms with Crippen molar-refractivity contribution < 1.29 is 23.1 Å². The first-order valence-electron chi connectivity index (χ1n) is 6.11. The Bertz CT molecular complexity index is 672. The smallest absolute Gasteiger partial charge is 0.325 e. The van der Waals surface area contributed by atoms with Crippen molar-refractivity contribution in [3.8, 4) is 6.07 Å².